The van der Waals surface area contributed by atoms with Crippen molar-refractivity contribution in [2.45, 2.75) is 24.5 Å². The van der Waals surface area contributed by atoms with Gasteiger partial charge in [-0.15, -0.1) is 0 Å². The number of hydrogen-bond donors (Lipinski definition) is 4. The molecule has 1 saturated heterocycles. The Balaban J connectivity index is 2.10. The SMILES string of the molecule is N#Cc1nc(N)nc2c1ncn2C1OC(CO)C(O)C1O. The highest BCUT2D eigenvalue weighted by molar-refractivity contribution is 5.77. The molecular formula is C11H12N6O4. The highest BCUT2D eigenvalue weighted by Crippen LogP contribution is 2.31. The molecule has 0 radical (unpaired) electrons. The van der Waals surface area contributed by atoms with Crippen LogP contribution in [0.5, 0.6) is 0 Å². The fourth-order valence-electron chi connectivity index (χ4n) is 2.31. The minimum atomic E-state index is -1.28. The van der Waals surface area contributed by atoms with E-state index in [0.29, 0.717) is 0 Å². The lowest BCUT2D eigenvalue weighted by atomic mass is 10.1. The van der Waals surface area contributed by atoms with Gasteiger partial charge < -0.3 is 25.8 Å². The lowest BCUT2D eigenvalue weighted by molar-refractivity contribution is -0.0511. The summed E-state index contributed by atoms with van der Waals surface area (Å²) in [7, 11) is 0. The van der Waals surface area contributed by atoms with Crippen LogP contribution in [0.3, 0.4) is 0 Å². The third-order valence-corrected chi connectivity index (χ3v) is 3.34. The van der Waals surface area contributed by atoms with Crippen LogP contribution in [0.4, 0.5) is 5.95 Å². The van der Waals surface area contributed by atoms with Crippen LogP contribution in [-0.2, 0) is 4.74 Å². The number of nitrogens with two attached hydrogens (primary N) is 1. The molecule has 0 spiro atoms. The molecule has 4 unspecified atom stereocenters. The molecular weight excluding hydrogens is 280 g/mol. The Labute approximate surface area is 118 Å². The van der Waals surface area contributed by atoms with Crippen molar-refractivity contribution >= 4 is 17.1 Å². The molecule has 10 heteroatoms. The van der Waals surface area contributed by atoms with E-state index in [9.17, 15) is 10.2 Å². The number of ether oxygens (including phenoxy) is 1. The summed E-state index contributed by atoms with van der Waals surface area (Å²) >= 11 is 0. The maximum Gasteiger partial charge on any atom is 0.223 e. The molecule has 10 nitrogen and oxygen atoms in total. The predicted molar refractivity (Wildman–Crippen MR) is 67.5 cm³/mol. The van der Waals surface area contributed by atoms with Crippen molar-refractivity contribution in [2.24, 2.45) is 0 Å². The van der Waals surface area contributed by atoms with Gasteiger partial charge in [-0.05, 0) is 0 Å². The van der Waals surface area contributed by atoms with Crippen molar-refractivity contribution in [3.05, 3.63) is 12.0 Å². The largest absolute Gasteiger partial charge is 0.394 e. The van der Waals surface area contributed by atoms with E-state index in [1.807, 2.05) is 6.07 Å². The third kappa shape index (κ3) is 1.99. The van der Waals surface area contributed by atoms with E-state index in [-0.39, 0.29) is 22.8 Å². The van der Waals surface area contributed by atoms with Crippen LogP contribution in [0.2, 0.25) is 0 Å². The third-order valence-electron chi connectivity index (χ3n) is 3.34. The molecule has 3 heterocycles. The van der Waals surface area contributed by atoms with E-state index in [1.54, 1.807) is 0 Å². The van der Waals surface area contributed by atoms with E-state index >= 15 is 0 Å². The molecule has 1 fully saturated rings. The van der Waals surface area contributed by atoms with Gasteiger partial charge in [0.15, 0.2) is 17.6 Å². The second kappa shape index (κ2) is 4.90. The van der Waals surface area contributed by atoms with Gasteiger partial charge in [0.1, 0.15) is 29.9 Å². The van der Waals surface area contributed by atoms with Crippen LogP contribution in [0.25, 0.3) is 11.2 Å². The van der Waals surface area contributed by atoms with E-state index in [2.05, 4.69) is 15.0 Å². The van der Waals surface area contributed by atoms with Gasteiger partial charge in [0.25, 0.3) is 0 Å². The quantitative estimate of drug-likeness (QED) is 0.485. The summed E-state index contributed by atoms with van der Waals surface area (Å²) in [5, 5.41) is 37.9. The van der Waals surface area contributed by atoms with Crippen LogP contribution >= 0.6 is 0 Å². The molecule has 0 saturated carbocycles. The van der Waals surface area contributed by atoms with E-state index in [4.69, 9.17) is 20.8 Å². The summed E-state index contributed by atoms with van der Waals surface area (Å²) in [5.41, 5.74) is 5.95. The van der Waals surface area contributed by atoms with Gasteiger partial charge in [-0.1, -0.05) is 0 Å². The Morgan fingerprint density at radius 3 is 2.76 bits per heavy atom. The van der Waals surface area contributed by atoms with Gasteiger partial charge in [-0.25, -0.2) is 4.98 Å². The lowest BCUT2D eigenvalue weighted by Gasteiger charge is -2.16. The standard InChI is InChI=1S/C11H12N6O4/c12-1-4-6-9(16-11(13)15-4)17(3-14-6)10-8(20)7(19)5(2-18)21-10/h3,5,7-8,10,18-20H,2H2,(H2,13,15,16). The normalized spacial score (nSPS) is 28.9. The average molecular weight is 292 g/mol. The van der Waals surface area contributed by atoms with Crippen molar-refractivity contribution in [1.82, 2.24) is 19.5 Å². The minimum Gasteiger partial charge on any atom is -0.394 e. The Kier molecular flexibility index (Phi) is 3.19. The Bertz CT molecular complexity index is 725. The van der Waals surface area contributed by atoms with E-state index in [0.717, 1.165) is 0 Å². The first kappa shape index (κ1) is 13.7. The van der Waals surface area contributed by atoms with Crippen molar-refractivity contribution < 1.29 is 20.1 Å². The van der Waals surface area contributed by atoms with Gasteiger partial charge in [-0.3, -0.25) is 4.57 Å². The summed E-state index contributed by atoms with van der Waals surface area (Å²) < 4.78 is 6.73. The topological polar surface area (TPSA) is 163 Å². The number of imidazole rings is 1. The monoisotopic (exact) mass is 292 g/mol. The number of rotatable bonds is 2. The summed E-state index contributed by atoms with van der Waals surface area (Å²) in [5.74, 6) is -0.118. The predicted octanol–water partition coefficient (Wildman–Crippen LogP) is -2.11. The van der Waals surface area contributed by atoms with Gasteiger partial charge in [0, 0.05) is 0 Å². The number of fused-ring (bicyclic) bond motifs is 1. The molecule has 0 amide bonds. The molecule has 0 bridgehead atoms. The van der Waals surface area contributed by atoms with Gasteiger partial charge >= 0.3 is 0 Å². The second-order valence-electron chi connectivity index (χ2n) is 4.60. The first-order chi connectivity index (χ1) is 10.1. The first-order valence-electron chi connectivity index (χ1n) is 6.09. The molecule has 2 aromatic heterocycles. The van der Waals surface area contributed by atoms with Crippen LogP contribution in [0.1, 0.15) is 11.9 Å². The number of aromatic nitrogens is 4. The summed E-state index contributed by atoms with van der Waals surface area (Å²) in [6.45, 7) is -0.443. The fourth-order valence-corrected chi connectivity index (χ4v) is 2.31. The molecule has 1 aliphatic heterocycles. The zero-order valence-electron chi connectivity index (χ0n) is 10.7. The maximum atomic E-state index is 10.0. The van der Waals surface area contributed by atoms with Crippen LogP contribution in [0.15, 0.2) is 6.33 Å². The lowest BCUT2D eigenvalue weighted by Crippen LogP contribution is -2.33. The Morgan fingerprint density at radius 1 is 1.38 bits per heavy atom. The Morgan fingerprint density at radius 2 is 2.14 bits per heavy atom. The van der Waals surface area contributed by atoms with Crippen LogP contribution in [0, 0.1) is 11.3 Å². The summed E-state index contributed by atoms with van der Waals surface area (Å²) in [6, 6.07) is 1.86. The zero-order valence-corrected chi connectivity index (χ0v) is 10.7. The van der Waals surface area contributed by atoms with Crippen molar-refractivity contribution in [3.63, 3.8) is 0 Å². The molecule has 5 N–H and O–H groups in total. The number of aliphatic hydroxyl groups is 3. The van der Waals surface area contributed by atoms with Crippen molar-refractivity contribution in [1.29, 1.82) is 5.26 Å². The number of anilines is 1. The van der Waals surface area contributed by atoms with Gasteiger partial charge in [-0.2, -0.15) is 15.2 Å². The second-order valence-corrected chi connectivity index (χ2v) is 4.60. The molecule has 21 heavy (non-hydrogen) atoms. The minimum absolute atomic E-state index is 0.00277. The number of hydrogen-bond acceptors (Lipinski definition) is 9. The van der Waals surface area contributed by atoms with Crippen molar-refractivity contribution in [3.8, 4) is 6.07 Å². The molecule has 2 aromatic rings. The molecule has 0 aliphatic carbocycles. The van der Waals surface area contributed by atoms with Crippen molar-refractivity contribution in [2.75, 3.05) is 12.3 Å². The average Bonchev–Trinajstić information content (AvgIpc) is 3.01. The zero-order chi connectivity index (χ0) is 15.1. The van der Waals surface area contributed by atoms with Crippen LogP contribution < -0.4 is 5.73 Å². The van der Waals surface area contributed by atoms with E-state index < -0.39 is 31.1 Å². The molecule has 3 rings (SSSR count). The number of nitrogens with zero attached hydrogens (tertiary/aromatic N) is 5. The Hall–Kier alpha value is -2.32. The first-order valence-corrected chi connectivity index (χ1v) is 6.09. The molecule has 0 aromatic carbocycles. The van der Waals surface area contributed by atoms with E-state index in [1.165, 1.54) is 10.9 Å². The van der Waals surface area contributed by atoms with Gasteiger partial charge in [0.05, 0.1) is 12.9 Å². The smallest absolute Gasteiger partial charge is 0.223 e. The highest BCUT2D eigenvalue weighted by Gasteiger charge is 2.44. The van der Waals surface area contributed by atoms with Gasteiger partial charge in [0.2, 0.25) is 5.95 Å². The fraction of sp³-hybridized carbons (Fsp3) is 0.455. The number of aliphatic hydroxyl groups excluding tert-OH is 3. The summed E-state index contributed by atoms with van der Waals surface area (Å²) in [6.07, 6.45) is -3.13. The molecule has 110 valence electrons. The number of nitrogen functional groups attached to an aromatic ring is 1. The van der Waals surface area contributed by atoms with Crippen LogP contribution in [-0.4, -0.2) is 59.8 Å². The maximum absolute atomic E-state index is 10.0. The summed E-state index contributed by atoms with van der Waals surface area (Å²) in [4.78, 5) is 11.8. The number of nitriles is 1. The molecule has 4 atom stereocenters. The highest BCUT2D eigenvalue weighted by atomic mass is 16.6. The molecule has 1 aliphatic rings.